The van der Waals surface area contributed by atoms with E-state index >= 15 is 0 Å². The van der Waals surface area contributed by atoms with Gasteiger partial charge in [0.25, 0.3) is 5.91 Å². The number of rotatable bonds is 8. The number of carbonyl (C=O) groups is 3. The predicted octanol–water partition coefficient (Wildman–Crippen LogP) is 4.35. The van der Waals surface area contributed by atoms with Crippen LogP contribution in [0.3, 0.4) is 0 Å². The number of methoxy groups -OCH3 is 1. The zero-order chi connectivity index (χ0) is 26.9. The van der Waals surface area contributed by atoms with Crippen LogP contribution in [0.4, 0.5) is 5.82 Å². The smallest absolute Gasteiger partial charge is 0.374 e. The molecule has 1 aromatic carbocycles. The molecule has 0 fully saturated rings. The maximum atomic E-state index is 13.2. The van der Waals surface area contributed by atoms with E-state index in [2.05, 4.69) is 48.4 Å². The van der Waals surface area contributed by atoms with Crippen LogP contribution < -0.4 is 5.32 Å². The Morgan fingerprint density at radius 3 is 2.27 bits per heavy atom. The Bertz CT molecular complexity index is 1470. The third kappa shape index (κ3) is 5.25. The third-order valence-corrected chi connectivity index (χ3v) is 6.46. The van der Waals surface area contributed by atoms with Crippen molar-refractivity contribution < 1.29 is 19.1 Å². The average Bonchev–Trinajstić information content (AvgIpc) is 3.55. The number of carbonyl (C=O) groups excluding carboxylic acids is 3. The number of ether oxygens (including phenoxy) is 1. The second-order valence-corrected chi connectivity index (χ2v) is 9.42. The first kappa shape index (κ1) is 25.7. The second kappa shape index (κ2) is 10.3. The number of ketones is 1. The van der Waals surface area contributed by atoms with Crippen molar-refractivity contribution in [2.75, 3.05) is 12.4 Å². The van der Waals surface area contributed by atoms with Gasteiger partial charge in [0.05, 0.1) is 19.0 Å². The minimum atomic E-state index is -0.598. The van der Waals surface area contributed by atoms with Crippen LogP contribution in [-0.2, 0) is 32.3 Å². The van der Waals surface area contributed by atoms with Gasteiger partial charge in [0.1, 0.15) is 11.5 Å². The number of hydrogen-bond acceptors (Lipinski definition) is 5. The second-order valence-electron chi connectivity index (χ2n) is 9.42. The fourth-order valence-corrected chi connectivity index (χ4v) is 4.28. The van der Waals surface area contributed by atoms with Gasteiger partial charge in [-0.05, 0) is 34.7 Å². The fourth-order valence-electron chi connectivity index (χ4n) is 4.28. The van der Waals surface area contributed by atoms with Gasteiger partial charge >= 0.3 is 5.97 Å². The minimum Gasteiger partial charge on any atom is -0.463 e. The number of esters is 1. The van der Waals surface area contributed by atoms with Gasteiger partial charge in [0.15, 0.2) is 5.78 Å². The molecule has 0 atom stereocenters. The lowest BCUT2D eigenvalue weighted by Gasteiger charge is -2.07. The number of anilines is 1. The molecule has 3 heterocycles. The lowest BCUT2D eigenvalue weighted by atomic mass is 9.99. The molecule has 0 bridgehead atoms. The zero-order valence-electron chi connectivity index (χ0n) is 21.9. The summed E-state index contributed by atoms with van der Waals surface area (Å²) >= 11 is 0. The average molecular weight is 502 g/mol. The van der Waals surface area contributed by atoms with Gasteiger partial charge in [-0.2, -0.15) is 0 Å². The lowest BCUT2D eigenvalue weighted by molar-refractivity contribution is 0.0582. The molecular weight excluding hydrogens is 470 g/mol. The van der Waals surface area contributed by atoms with Gasteiger partial charge in [-0.3, -0.25) is 9.59 Å². The van der Waals surface area contributed by atoms with Crippen molar-refractivity contribution in [1.82, 2.24) is 18.7 Å². The molecule has 1 N–H and O–H groups in total. The minimum absolute atomic E-state index is 0.0422. The molecule has 3 aromatic heterocycles. The van der Waals surface area contributed by atoms with Crippen LogP contribution in [0, 0.1) is 0 Å². The van der Waals surface area contributed by atoms with Gasteiger partial charge < -0.3 is 23.8 Å². The van der Waals surface area contributed by atoms with Crippen molar-refractivity contribution in [2.24, 2.45) is 21.1 Å². The summed E-state index contributed by atoms with van der Waals surface area (Å²) in [5.74, 6) is -0.137. The van der Waals surface area contributed by atoms with E-state index in [1.807, 2.05) is 23.9 Å². The number of aryl methyl sites for hydroxylation is 2. The maximum absolute atomic E-state index is 13.2. The van der Waals surface area contributed by atoms with E-state index in [4.69, 9.17) is 4.74 Å². The Morgan fingerprint density at radius 2 is 1.62 bits per heavy atom. The van der Waals surface area contributed by atoms with Crippen molar-refractivity contribution in [3.05, 3.63) is 83.3 Å². The highest BCUT2D eigenvalue weighted by atomic mass is 16.5. The van der Waals surface area contributed by atoms with Gasteiger partial charge in [0, 0.05) is 45.5 Å². The molecule has 192 valence electrons. The van der Waals surface area contributed by atoms with Crippen LogP contribution in [0.15, 0.2) is 55.0 Å². The predicted molar refractivity (Wildman–Crippen MR) is 141 cm³/mol. The largest absolute Gasteiger partial charge is 0.463 e. The number of amides is 1. The Kier molecular flexibility index (Phi) is 7.15. The van der Waals surface area contributed by atoms with Gasteiger partial charge in [-0.15, -0.1) is 0 Å². The van der Waals surface area contributed by atoms with Crippen molar-refractivity contribution >= 4 is 23.5 Å². The molecule has 0 aliphatic carbocycles. The van der Waals surface area contributed by atoms with E-state index in [0.717, 1.165) is 16.7 Å². The first-order valence-corrected chi connectivity index (χ1v) is 12.0. The fraction of sp³-hybridized carbons (Fsp3) is 0.286. The SMILES string of the molecule is COC(=O)c1ncc(NC(=O)c2cc(CC(=O)c3cc(-c4ccc(C(C)C)cc4)cn3C)cn2C)n1C. The molecule has 9 heteroatoms. The van der Waals surface area contributed by atoms with E-state index in [1.54, 1.807) is 30.9 Å². The molecule has 4 aromatic rings. The zero-order valence-corrected chi connectivity index (χ0v) is 21.9. The highest BCUT2D eigenvalue weighted by Gasteiger charge is 2.20. The van der Waals surface area contributed by atoms with E-state index in [0.29, 0.717) is 23.1 Å². The Labute approximate surface area is 215 Å². The summed E-state index contributed by atoms with van der Waals surface area (Å²) in [6.45, 7) is 4.32. The normalized spacial score (nSPS) is 11.1. The number of nitrogens with one attached hydrogen (secondary N) is 1. The number of aromatic nitrogens is 4. The number of imidazole rings is 1. The van der Waals surface area contributed by atoms with Gasteiger partial charge in [0.2, 0.25) is 5.82 Å². The molecule has 9 nitrogen and oxygen atoms in total. The molecule has 37 heavy (non-hydrogen) atoms. The summed E-state index contributed by atoms with van der Waals surface area (Å²) < 4.78 is 9.64. The standard InChI is InChI=1S/C28H31N5O4/c1-17(2)19-7-9-20(10-8-19)21-13-22(32(4)16-21)24(34)12-18-11-23(31(3)15-18)27(35)30-25-14-29-26(33(25)5)28(36)37-6/h7-11,13-17H,12H2,1-6H3,(H,30,35). The summed E-state index contributed by atoms with van der Waals surface area (Å²) in [5, 5.41) is 2.75. The molecule has 1 amide bonds. The van der Waals surface area contributed by atoms with E-state index in [1.165, 1.54) is 23.4 Å². The van der Waals surface area contributed by atoms with E-state index < -0.39 is 5.97 Å². The first-order valence-electron chi connectivity index (χ1n) is 12.0. The summed E-state index contributed by atoms with van der Waals surface area (Å²) in [6, 6.07) is 12.0. The van der Waals surface area contributed by atoms with Crippen molar-refractivity contribution in [2.45, 2.75) is 26.2 Å². The molecule has 0 spiro atoms. The summed E-state index contributed by atoms with van der Waals surface area (Å²) in [7, 11) is 6.48. The third-order valence-electron chi connectivity index (χ3n) is 6.46. The van der Waals surface area contributed by atoms with Crippen LogP contribution in [0.2, 0.25) is 0 Å². The quantitative estimate of drug-likeness (QED) is 0.286. The molecule has 0 saturated carbocycles. The number of Topliss-reactive ketones (excluding diaryl/α,β-unsaturated/α-hetero) is 1. The molecule has 0 aliphatic rings. The number of nitrogens with zero attached hydrogens (tertiary/aromatic N) is 4. The van der Waals surface area contributed by atoms with Gasteiger partial charge in [-0.1, -0.05) is 38.1 Å². The number of hydrogen-bond donors (Lipinski definition) is 1. The van der Waals surface area contributed by atoms with Crippen LogP contribution in [0.1, 0.15) is 62.5 Å². The Hall–Kier alpha value is -4.40. The summed E-state index contributed by atoms with van der Waals surface area (Å²) in [4.78, 5) is 41.8. The maximum Gasteiger partial charge on any atom is 0.374 e. The highest BCUT2D eigenvalue weighted by Crippen LogP contribution is 2.25. The van der Waals surface area contributed by atoms with Crippen LogP contribution in [0.5, 0.6) is 0 Å². The van der Waals surface area contributed by atoms with Crippen LogP contribution >= 0.6 is 0 Å². The van der Waals surface area contributed by atoms with Crippen molar-refractivity contribution in [3.8, 4) is 11.1 Å². The van der Waals surface area contributed by atoms with Crippen LogP contribution in [0.25, 0.3) is 11.1 Å². The molecule has 4 rings (SSSR count). The molecule has 0 radical (unpaired) electrons. The first-order chi connectivity index (χ1) is 17.6. The van der Waals surface area contributed by atoms with Crippen molar-refractivity contribution in [1.29, 1.82) is 0 Å². The molecule has 0 unspecified atom stereocenters. The summed E-state index contributed by atoms with van der Waals surface area (Å²) in [6.07, 6.45) is 5.27. The van der Waals surface area contributed by atoms with E-state index in [-0.39, 0.29) is 23.9 Å². The number of benzene rings is 1. The monoisotopic (exact) mass is 501 g/mol. The van der Waals surface area contributed by atoms with E-state index in [9.17, 15) is 14.4 Å². The molecular formula is C28H31N5O4. The van der Waals surface area contributed by atoms with Gasteiger partial charge in [-0.25, -0.2) is 9.78 Å². The molecule has 0 aliphatic heterocycles. The van der Waals surface area contributed by atoms with Crippen molar-refractivity contribution in [3.63, 3.8) is 0 Å². The highest BCUT2D eigenvalue weighted by molar-refractivity contribution is 6.04. The topological polar surface area (TPSA) is 100 Å². The Balaban J connectivity index is 1.48. The molecule has 0 saturated heterocycles. The Morgan fingerprint density at radius 1 is 0.946 bits per heavy atom. The lowest BCUT2D eigenvalue weighted by Crippen LogP contribution is -2.18. The summed E-state index contributed by atoms with van der Waals surface area (Å²) in [5.41, 5.74) is 5.01. The van der Waals surface area contributed by atoms with Crippen LogP contribution in [-0.4, -0.2) is 43.5 Å².